The third kappa shape index (κ3) is 2.10. The zero-order valence-corrected chi connectivity index (χ0v) is 9.96. The Labute approximate surface area is 99.7 Å². The summed E-state index contributed by atoms with van der Waals surface area (Å²) in [4.78, 5) is 15.8. The number of aryl methyl sites for hydroxylation is 1. The van der Waals surface area contributed by atoms with Gasteiger partial charge in [-0.05, 0) is 25.0 Å². The first-order valence-electron chi connectivity index (χ1n) is 5.77. The lowest BCUT2D eigenvalue weighted by Gasteiger charge is -2.23. The van der Waals surface area contributed by atoms with Crippen molar-refractivity contribution in [3.05, 3.63) is 17.8 Å². The molecule has 0 fully saturated rings. The zero-order chi connectivity index (χ0) is 12.4. The average molecular weight is 236 g/mol. The van der Waals surface area contributed by atoms with Gasteiger partial charge in [-0.2, -0.15) is 0 Å². The number of hydrogen-bond acceptors (Lipinski definition) is 4. The largest absolute Gasteiger partial charge is 0.465 e. The van der Waals surface area contributed by atoms with E-state index in [4.69, 9.17) is 4.74 Å². The maximum absolute atomic E-state index is 11.6. The standard InChI is InChI=1S/C12H16N2O3/c1-3-8-5-10-13-6-9(12(16)17-4-2)11(15)14(10)7-8/h5-7,9,11,15H,3-4H2,1-2H3. The Balaban J connectivity index is 2.25. The highest BCUT2D eigenvalue weighted by Gasteiger charge is 2.31. The van der Waals surface area contributed by atoms with Crippen molar-refractivity contribution >= 4 is 18.0 Å². The van der Waals surface area contributed by atoms with Gasteiger partial charge in [-0.1, -0.05) is 6.92 Å². The minimum absolute atomic E-state index is 0.300. The molecule has 1 aliphatic heterocycles. The number of rotatable bonds is 3. The molecule has 0 spiro atoms. The highest BCUT2D eigenvalue weighted by atomic mass is 16.5. The van der Waals surface area contributed by atoms with E-state index < -0.39 is 18.1 Å². The molecule has 5 heteroatoms. The Bertz CT molecular complexity index is 451. The molecule has 1 aliphatic rings. The molecule has 0 aromatic carbocycles. The molecule has 1 aromatic rings. The molecule has 2 unspecified atom stereocenters. The molecule has 1 N–H and O–H groups in total. The molecule has 5 nitrogen and oxygen atoms in total. The van der Waals surface area contributed by atoms with Crippen molar-refractivity contribution in [1.82, 2.24) is 4.57 Å². The molecule has 0 bridgehead atoms. The maximum atomic E-state index is 11.6. The molecular weight excluding hydrogens is 220 g/mol. The molecule has 0 amide bonds. The van der Waals surface area contributed by atoms with E-state index in [0.717, 1.165) is 12.0 Å². The first-order valence-corrected chi connectivity index (χ1v) is 5.77. The summed E-state index contributed by atoms with van der Waals surface area (Å²) in [5, 5.41) is 10.1. The number of hydrogen-bond donors (Lipinski definition) is 1. The van der Waals surface area contributed by atoms with Crippen LogP contribution in [-0.4, -0.2) is 28.5 Å². The molecule has 92 valence electrons. The van der Waals surface area contributed by atoms with Gasteiger partial charge in [-0.25, -0.2) is 4.99 Å². The van der Waals surface area contributed by atoms with E-state index in [1.54, 1.807) is 11.5 Å². The Morgan fingerprint density at radius 1 is 1.59 bits per heavy atom. The van der Waals surface area contributed by atoms with Crippen molar-refractivity contribution in [3.8, 4) is 0 Å². The number of aliphatic hydroxyl groups is 1. The molecule has 17 heavy (non-hydrogen) atoms. The number of carbonyl (C=O) groups excluding carboxylic acids is 1. The lowest BCUT2D eigenvalue weighted by atomic mass is 10.1. The number of nitrogens with zero attached hydrogens (tertiary/aromatic N) is 2. The van der Waals surface area contributed by atoms with Crippen LogP contribution in [0, 0.1) is 5.92 Å². The number of ether oxygens (including phenoxy) is 1. The van der Waals surface area contributed by atoms with Crippen LogP contribution in [0.25, 0.3) is 0 Å². The van der Waals surface area contributed by atoms with Gasteiger partial charge in [0.25, 0.3) is 0 Å². The van der Waals surface area contributed by atoms with Gasteiger partial charge in [0.15, 0.2) is 0 Å². The summed E-state index contributed by atoms with van der Waals surface area (Å²) in [6.07, 6.45) is 3.22. The summed E-state index contributed by atoms with van der Waals surface area (Å²) in [5.41, 5.74) is 1.08. The van der Waals surface area contributed by atoms with Crippen LogP contribution >= 0.6 is 0 Å². The van der Waals surface area contributed by atoms with E-state index in [-0.39, 0.29) is 0 Å². The summed E-state index contributed by atoms with van der Waals surface area (Å²) in [7, 11) is 0. The van der Waals surface area contributed by atoms with E-state index in [1.165, 1.54) is 6.21 Å². The highest BCUT2D eigenvalue weighted by molar-refractivity contribution is 5.91. The third-order valence-corrected chi connectivity index (χ3v) is 2.82. The SMILES string of the molecule is CCOC(=O)C1C=Nc2cc(CC)cn2C1O. The van der Waals surface area contributed by atoms with E-state index in [1.807, 2.05) is 19.2 Å². The van der Waals surface area contributed by atoms with E-state index in [0.29, 0.717) is 12.4 Å². The molecule has 0 aliphatic carbocycles. The van der Waals surface area contributed by atoms with Gasteiger partial charge >= 0.3 is 5.97 Å². The van der Waals surface area contributed by atoms with Crippen LogP contribution < -0.4 is 0 Å². The van der Waals surface area contributed by atoms with Gasteiger partial charge in [-0.15, -0.1) is 0 Å². The van der Waals surface area contributed by atoms with Crippen LogP contribution in [-0.2, 0) is 16.0 Å². The molecular formula is C12H16N2O3. The minimum atomic E-state index is -0.929. The number of aromatic nitrogens is 1. The quantitative estimate of drug-likeness (QED) is 0.807. The smallest absolute Gasteiger partial charge is 0.319 e. The fourth-order valence-electron chi connectivity index (χ4n) is 1.86. The number of carbonyl (C=O) groups is 1. The van der Waals surface area contributed by atoms with Crippen LogP contribution in [0.1, 0.15) is 25.6 Å². The van der Waals surface area contributed by atoms with Crippen molar-refractivity contribution in [3.63, 3.8) is 0 Å². The fraction of sp³-hybridized carbons (Fsp3) is 0.500. The molecule has 2 heterocycles. The van der Waals surface area contributed by atoms with Crippen molar-refractivity contribution in [2.24, 2.45) is 10.9 Å². The first-order chi connectivity index (χ1) is 8.17. The van der Waals surface area contributed by atoms with Gasteiger partial charge in [0.05, 0.1) is 6.61 Å². The van der Waals surface area contributed by atoms with E-state index in [9.17, 15) is 9.90 Å². The number of aliphatic hydroxyl groups excluding tert-OH is 1. The van der Waals surface area contributed by atoms with Gasteiger partial charge in [0.2, 0.25) is 0 Å². The fourth-order valence-corrected chi connectivity index (χ4v) is 1.86. The summed E-state index contributed by atoms with van der Waals surface area (Å²) in [5.74, 6) is -0.490. The molecule has 2 atom stereocenters. The lowest BCUT2D eigenvalue weighted by molar-refractivity contribution is -0.150. The van der Waals surface area contributed by atoms with Crippen LogP contribution in [0.3, 0.4) is 0 Å². The molecule has 0 saturated carbocycles. The second-order valence-corrected chi connectivity index (χ2v) is 3.94. The molecule has 1 aromatic heterocycles. The van der Waals surface area contributed by atoms with Crippen LogP contribution in [0.4, 0.5) is 5.82 Å². The maximum Gasteiger partial charge on any atom is 0.319 e. The van der Waals surface area contributed by atoms with Crippen molar-refractivity contribution in [1.29, 1.82) is 0 Å². The Morgan fingerprint density at radius 3 is 3.00 bits per heavy atom. The summed E-state index contributed by atoms with van der Waals surface area (Å²) in [6, 6.07) is 1.90. The Kier molecular flexibility index (Phi) is 3.28. The third-order valence-electron chi connectivity index (χ3n) is 2.82. The second kappa shape index (κ2) is 4.71. The number of esters is 1. The van der Waals surface area contributed by atoms with E-state index in [2.05, 4.69) is 4.99 Å². The highest BCUT2D eigenvalue weighted by Crippen LogP contribution is 2.30. The van der Waals surface area contributed by atoms with Gasteiger partial charge in [-0.3, -0.25) is 4.79 Å². The van der Waals surface area contributed by atoms with Crippen molar-refractivity contribution < 1.29 is 14.6 Å². The first kappa shape index (κ1) is 11.9. The normalized spacial score (nSPS) is 22.3. The Morgan fingerprint density at radius 2 is 2.35 bits per heavy atom. The number of aliphatic imine (C=N–C) groups is 1. The van der Waals surface area contributed by atoms with E-state index >= 15 is 0 Å². The van der Waals surface area contributed by atoms with Crippen molar-refractivity contribution in [2.75, 3.05) is 6.61 Å². The summed E-state index contributed by atoms with van der Waals surface area (Å²) < 4.78 is 6.51. The summed E-state index contributed by atoms with van der Waals surface area (Å²) in [6.45, 7) is 4.06. The van der Waals surface area contributed by atoms with Gasteiger partial charge < -0.3 is 14.4 Å². The Hall–Kier alpha value is -1.62. The monoisotopic (exact) mass is 236 g/mol. The van der Waals surface area contributed by atoms with Gasteiger partial charge in [0.1, 0.15) is 18.0 Å². The zero-order valence-electron chi connectivity index (χ0n) is 9.96. The van der Waals surface area contributed by atoms with Crippen molar-refractivity contribution in [2.45, 2.75) is 26.5 Å². The lowest BCUT2D eigenvalue weighted by Crippen LogP contribution is -2.31. The van der Waals surface area contributed by atoms with Gasteiger partial charge in [0, 0.05) is 12.4 Å². The minimum Gasteiger partial charge on any atom is -0.465 e. The number of fused-ring (bicyclic) bond motifs is 1. The van der Waals surface area contributed by atoms with Crippen LogP contribution in [0.5, 0.6) is 0 Å². The molecule has 2 rings (SSSR count). The second-order valence-electron chi connectivity index (χ2n) is 3.94. The molecule has 0 radical (unpaired) electrons. The van der Waals surface area contributed by atoms with Crippen LogP contribution in [0.15, 0.2) is 17.3 Å². The topological polar surface area (TPSA) is 63.8 Å². The molecule has 0 saturated heterocycles. The predicted molar refractivity (Wildman–Crippen MR) is 63.3 cm³/mol. The predicted octanol–water partition coefficient (Wildman–Crippen LogP) is 1.44. The summed E-state index contributed by atoms with van der Waals surface area (Å²) >= 11 is 0. The van der Waals surface area contributed by atoms with Crippen LogP contribution in [0.2, 0.25) is 0 Å². The average Bonchev–Trinajstić information content (AvgIpc) is 2.73.